The number of carbonyl (C=O) groups excluding carboxylic acids is 2. The van der Waals surface area contributed by atoms with Crippen LogP contribution in [0.15, 0.2) is 109 Å². The summed E-state index contributed by atoms with van der Waals surface area (Å²) in [7, 11) is 0. The lowest BCUT2D eigenvalue weighted by atomic mass is 9.89. The van der Waals surface area contributed by atoms with Crippen molar-refractivity contribution in [2.75, 3.05) is 9.96 Å². The number of hydrogen-bond acceptors (Lipinski definition) is 6. The highest BCUT2D eigenvalue weighted by Gasteiger charge is 2.61. The highest BCUT2D eigenvalue weighted by molar-refractivity contribution is 6.24. The van der Waals surface area contributed by atoms with Crippen LogP contribution in [-0.4, -0.2) is 22.8 Å². The van der Waals surface area contributed by atoms with Gasteiger partial charge in [0.2, 0.25) is 5.91 Å². The summed E-state index contributed by atoms with van der Waals surface area (Å²) in [6.07, 6.45) is -1.11. The van der Waals surface area contributed by atoms with Gasteiger partial charge in [0, 0.05) is 6.07 Å². The van der Waals surface area contributed by atoms with Crippen molar-refractivity contribution in [3.05, 3.63) is 125 Å². The SMILES string of the molecule is O=C1[C@H]2[C@@H](c3ccccc3[N+](=O)[O-])N(c3ccccc3)O[C@H]2C(=O)N1c1cccc(-c2ccccc2)c1. The molecule has 2 aliphatic rings. The first-order valence-electron chi connectivity index (χ1n) is 11.8. The van der Waals surface area contributed by atoms with E-state index in [1.54, 1.807) is 60.7 Å². The van der Waals surface area contributed by atoms with Crippen molar-refractivity contribution >= 4 is 28.9 Å². The molecule has 2 aliphatic heterocycles. The summed E-state index contributed by atoms with van der Waals surface area (Å²) in [6.45, 7) is 0. The second-order valence-corrected chi connectivity index (χ2v) is 8.90. The fourth-order valence-corrected chi connectivity index (χ4v) is 5.14. The number of hydrogen-bond donors (Lipinski definition) is 0. The van der Waals surface area contributed by atoms with Crippen molar-refractivity contribution < 1.29 is 19.3 Å². The fourth-order valence-electron chi connectivity index (χ4n) is 5.14. The van der Waals surface area contributed by atoms with E-state index in [1.807, 2.05) is 42.5 Å². The monoisotopic (exact) mass is 491 g/mol. The zero-order chi connectivity index (χ0) is 25.5. The number of amides is 2. The van der Waals surface area contributed by atoms with Crippen LogP contribution in [0.1, 0.15) is 11.6 Å². The number of anilines is 2. The highest BCUT2D eigenvalue weighted by Crippen LogP contribution is 2.49. The Balaban J connectivity index is 1.44. The molecular formula is C29H21N3O5. The van der Waals surface area contributed by atoms with E-state index >= 15 is 0 Å². The van der Waals surface area contributed by atoms with Crippen LogP contribution in [0.2, 0.25) is 0 Å². The number of fused-ring (bicyclic) bond motifs is 1. The van der Waals surface area contributed by atoms with Gasteiger partial charge in [-0.1, -0.05) is 72.8 Å². The molecule has 182 valence electrons. The van der Waals surface area contributed by atoms with Gasteiger partial charge in [-0.05, 0) is 41.5 Å². The fraction of sp³-hybridized carbons (Fsp3) is 0.103. The van der Waals surface area contributed by atoms with Crippen LogP contribution in [0.25, 0.3) is 11.1 Å². The van der Waals surface area contributed by atoms with Crippen LogP contribution in [-0.2, 0) is 14.4 Å². The molecule has 37 heavy (non-hydrogen) atoms. The summed E-state index contributed by atoms with van der Waals surface area (Å²) in [4.78, 5) is 46.2. The summed E-state index contributed by atoms with van der Waals surface area (Å²) in [5.41, 5.74) is 3.01. The van der Waals surface area contributed by atoms with Crippen LogP contribution < -0.4 is 9.96 Å². The molecule has 2 saturated heterocycles. The molecule has 0 radical (unpaired) electrons. The van der Waals surface area contributed by atoms with Gasteiger partial charge in [-0.2, -0.15) is 0 Å². The largest absolute Gasteiger partial charge is 0.274 e. The van der Waals surface area contributed by atoms with Crippen molar-refractivity contribution in [3.8, 4) is 11.1 Å². The summed E-state index contributed by atoms with van der Waals surface area (Å²) in [6, 6.07) is 31.2. The van der Waals surface area contributed by atoms with Crippen LogP contribution in [0, 0.1) is 16.0 Å². The van der Waals surface area contributed by atoms with Gasteiger partial charge in [-0.15, -0.1) is 0 Å². The Kier molecular flexibility index (Phi) is 5.50. The number of rotatable bonds is 5. The van der Waals surface area contributed by atoms with Crippen molar-refractivity contribution in [3.63, 3.8) is 0 Å². The van der Waals surface area contributed by atoms with Crippen LogP contribution in [0.4, 0.5) is 17.1 Å². The van der Waals surface area contributed by atoms with Crippen LogP contribution in [0.3, 0.4) is 0 Å². The standard InChI is InChI=1S/C29H21N3O5/c33-28-25-26(23-16-7-8-17-24(23)32(35)36)31(21-13-5-2-6-14-21)37-27(25)29(34)30(28)22-15-9-12-20(18-22)19-10-3-1-4-11-19/h1-18,25-27H/t25-,26+,27+/m0/s1. The van der Waals surface area contributed by atoms with Gasteiger partial charge in [0.1, 0.15) is 12.0 Å². The first-order valence-corrected chi connectivity index (χ1v) is 11.8. The normalized spacial score (nSPS) is 20.8. The lowest BCUT2D eigenvalue weighted by Crippen LogP contribution is -2.37. The Labute approximate surface area is 212 Å². The number of benzene rings is 4. The molecule has 6 rings (SSSR count). The third-order valence-corrected chi connectivity index (χ3v) is 6.79. The molecule has 8 nitrogen and oxygen atoms in total. The highest BCUT2D eigenvalue weighted by atomic mass is 16.7. The Hall–Kier alpha value is -4.82. The van der Waals surface area contributed by atoms with E-state index in [9.17, 15) is 19.7 Å². The van der Waals surface area contributed by atoms with E-state index in [1.165, 1.54) is 11.1 Å². The molecule has 4 aromatic carbocycles. The topological polar surface area (TPSA) is 93.0 Å². The second-order valence-electron chi connectivity index (χ2n) is 8.90. The third kappa shape index (κ3) is 3.75. The molecule has 0 saturated carbocycles. The van der Waals surface area contributed by atoms with Crippen molar-refractivity contribution in [2.24, 2.45) is 5.92 Å². The lowest BCUT2D eigenvalue weighted by molar-refractivity contribution is -0.385. The quantitative estimate of drug-likeness (QED) is 0.213. The van der Waals surface area contributed by atoms with E-state index in [0.717, 1.165) is 16.0 Å². The maximum Gasteiger partial charge on any atom is 0.274 e. The zero-order valence-corrected chi connectivity index (χ0v) is 19.5. The minimum absolute atomic E-state index is 0.137. The Morgan fingerprint density at radius 1 is 0.703 bits per heavy atom. The van der Waals surface area contributed by atoms with E-state index in [4.69, 9.17) is 4.84 Å². The van der Waals surface area contributed by atoms with E-state index in [2.05, 4.69) is 0 Å². The number of carbonyl (C=O) groups is 2. The minimum atomic E-state index is -1.11. The maximum atomic E-state index is 13.9. The predicted octanol–water partition coefficient (Wildman–Crippen LogP) is 5.31. The van der Waals surface area contributed by atoms with Gasteiger partial charge < -0.3 is 0 Å². The average molecular weight is 492 g/mol. The molecule has 8 heteroatoms. The van der Waals surface area contributed by atoms with E-state index in [0.29, 0.717) is 16.9 Å². The molecule has 2 heterocycles. The van der Waals surface area contributed by atoms with Gasteiger partial charge in [0.25, 0.3) is 11.6 Å². The Morgan fingerprint density at radius 3 is 2.05 bits per heavy atom. The third-order valence-electron chi connectivity index (χ3n) is 6.79. The number of nitrogens with zero attached hydrogens (tertiary/aromatic N) is 3. The van der Waals surface area contributed by atoms with Gasteiger partial charge >= 0.3 is 0 Å². The molecule has 0 spiro atoms. The van der Waals surface area contributed by atoms with Crippen LogP contribution in [0.5, 0.6) is 0 Å². The molecule has 0 bridgehead atoms. The van der Waals surface area contributed by atoms with Gasteiger partial charge in [0.05, 0.1) is 21.9 Å². The minimum Gasteiger partial charge on any atom is -0.273 e. The summed E-state index contributed by atoms with van der Waals surface area (Å²) in [5.74, 6) is -1.92. The molecule has 2 amide bonds. The number of nitro groups is 1. The summed E-state index contributed by atoms with van der Waals surface area (Å²) >= 11 is 0. The molecule has 2 fully saturated rings. The maximum absolute atomic E-state index is 13.9. The smallest absolute Gasteiger partial charge is 0.273 e. The van der Waals surface area contributed by atoms with E-state index < -0.39 is 34.8 Å². The van der Waals surface area contributed by atoms with Crippen molar-refractivity contribution in [2.45, 2.75) is 12.1 Å². The molecule has 3 atom stereocenters. The summed E-state index contributed by atoms with van der Waals surface area (Å²) in [5, 5.41) is 13.4. The molecule has 0 N–H and O–H groups in total. The zero-order valence-electron chi connectivity index (χ0n) is 19.5. The molecule has 0 unspecified atom stereocenters. The summed E-state index contributed by atoms with van der Waals surface area (Å²) < 4.78 is 0. The first-order chi connectivity index (χ1) is 18.0. The van der Waals surface area contributed by atoms with Gasteiger partial charge in [-0.25, -0.2) is 9.96 Å². The number of nitro benzene ring substituents is 1. The first kappa shape index (κ1) is 22.6. The molecule has 0 aliphatic carbocycles. The van der Waals surface area contributed by atoms with Gasteiger partial charge in [0.15, 0.2) is 6.10 Å². The Morgan fingerprint density at radius 2 is 1.32 bits per heavy atom. The van der Waals surface area contributed by atoms with Crippen molar-refractivity contribution in [1.82, 2.24) is 0 Å². The number of hydroxylamine groups is 1. The Bertz CT molecular complexity index is 1510. The van der Waals surface area contributed by atoms with Gasteiger partial charge in [-0.3, -0.25) is 24.5 Å². The van der Waals surface area contributed by atoms with E-state index in [-0.39, 0.29) is 5.69 Å². The average Bonchev–Trinajstić information content (AvgIpc) is 3.45. The second kappa shape index (κ2) is 9.00. The van der Waals surface area contributed by atoms with Crippen LogP contribution >= 0.6 is 0 Å². The molecule has 0 aromatic heterocycles. The lowest BCUT2D eigenvalue weighted by Gasteiger charge is -2.28. The molecular weight excluding hydrogens is 470 g/mol. The predicted molar refractivity (Wildman–Crippen MR) is 137 cm³/mol. The number of para-hydroxylation sites is 2. The van der Waals surface area contributed by atoms with Crippen molar-refractivity contribution in [1.29, 1.82) is 0 Å². The number of imide groups is 1. The molecule has 4 aromatic rings.